The summed E-state index contributed by atoms with van der Waals surface area (Å²) < 4.78 is 19.6. The van der Waals surface area contributed by atoms with Gasteiger partial charge in [-0.1, -0.05) is 0 Å². The number of carbonyl (C=O) groups is 1. The fourth-order valence-corrected chi connectivity index (χ4v) is 2.03. The number of carbonyl (C=O) groups excluding carboxylic acids is 1. The van der Waals surface area contributed by atoms with Crippen molar-refractivity contribution in [1.82, 2.24) is 0 Å². The second-order valence-electron chi connectivity index (χ2n) is 6.25. The third kappa shape index (κ3) is 22.7. The summed E-state index contributed by atoms with van der Waals surface area (Å²) in [6, 6.07) is 0. The number of methoxy groups -OCH3 is 4. The van der Waals surface area contributed by atoms with Crippen LogP contribution < -0.4 is 5.11 Å². The van der Waals surface area contributed by atoms with Crippen LogP contribution in [0.2, 0.25) is 0 Å². The number of rotatable bonds is 4. The number of carboxylic acid groups (broad SMARTS) is 1. The first-order valence-corrected chi connectivity index (χ1v) is 10.6. The smallest absolute Gasteiger partial charge is 0.105 e. The molecule has 0 heterocycles. The van der Waals surface area contributed by atoms with Crippen molar-refractivity contribution in [3.8, 4) is 0 Å². The van der Waals surface area contributed by atoms with Gasteiger partial charge >= 0.3 is 0 Å². The van der Waals surface area contributed by atoms with Crippen molar-refractivity contribution in [3.63, 3.8) is 0 Å². The zero-order valence-electron chi connectivity index (χ0n) is 21.6. The van der Waals surface area contributed by atoms with Crippen LogP contribution >= 0.6 is 0 Å². The number of ether oxygens (including phenoxy) is 4. The SMILES string of the molecule is CC(=O)[O-].COC1=CC=C=C[CH]1.COC1=CC=C=C[CH]1.COC1=CC=C=C[CH]1.COC1=CC=C=C[CH]1.[Sb]. The van der Waals surface area contributed by atoms with Gasteiger partial charge in [0.15, 0.2) is 0 Å². The molecule has 0 amide bonds. The summed E-state index contributed by atoms with van der Waals surface area (Å²) in [5.74, 6) is 2.43. The van der Waals surface area contributed by atoms with Crippen molar-refractivity contribution in [2.24, 2.45) is 0 Å². The normalized spacial score (nSPS) is 14.4. The van der Waals surface area contributed by atoms with E-state index < -0.39 is 5.97 Å². The summed E-state index contributed by atoms with van der Waals surface area (Å²) in [5.41, 5.74) is 11.5. The van der Waals surface area contributed by atoms with Gasteiger partial charge in [-0.05, 0) is 79.8 Å². The van der Waals surface area contributed by atoms with Crippen molar-refractivity contribution in [2.75, 3.05) is 28.4 Å². The Hall–Kier alpha value is -3.47. The molecule has 7 radical (unpaired) electrons. The third-order valence-electron chi connectivity index (χ3n) is 3.69. The fourth-order valence-electron chi connectivity index (χ4n) is 2.03. The third-order valence-corrected chi connectivity index (χ3v) is 3.69. The van der Waals surface area contributed by atoms with Crippen LogP contribution in [-0.4, -0.2) is 58.8 Å². The Morgan fingerprint density at radius 3 is 0.811 bits per heavy atom. The average molecular weight is 609 g/mol. The number of allylic oxidation sites excluding steroid dienone is 8. The molecule has 0 saturated carbocycles. The van der Waals surface area contributed by atoms with Gasteiger partial charge in [-0.15, -0.1) is 22.9 Å². The van der Waals surface area contributed by atoms with Crippen LogP contribution in [0.1, 0.15) is 6.92 Å². The van der Waals surface area contributed by atoms with Gasteiger partial charge in [-0.25, -0.2) is 0 Å². The van der Waals surface area contributed by atoms with Crippen LogP contribution in [0.15, 0.2) is 119 Å². The van der Waals surface area contributed by atoms with Gasteiger partial charge in [0.05, 0.1) is 54.1 Å². The monoisotopic (exact) mass is 608 g/mol. The Morgan fingerprint density at radius 2 is 0.730 bits per heavy atom. The molecule has 0 saturated heterocycles. The molecule has 0 N–H and O–H groups in total. The van der Waals surface area contributed by atoms with E-state index in [4.69, 9.17) is 28.8 Å². The molecule has 0 atom stereocenters. The average Bonchev–Trinajstić information content (AvgIpc) is 2.95. The molecular formula is C30H31O6Sb-. The van der Waals surface area contributed by atoms with Crippen LogP contribution in [0.4, 0.5) is 0 Å². The predicted octanol–water partition coefficient (Wildman–Crippen LogP) is 4.16. The second-order valence-corrected chi connectivity index (χ2v) is 6.25. The minimum absolute atomic E-state index is 0. The zero-order chi connectivity index (χ0) is 26.9. The summed E-state index contributed by atoms with van der Waals surface area (Å²) in [6.45, 7) is 0.972. The van der Waals surface area contributed by atoms with E-state index in [1.807, 2.05) is 98.6 Å². The van der Waals surface area contributed by atoms with E-state index >= 15 is 0 Å². The van der Waals surface area contributed by atoms with Crippen molar-refractivity contribution < 1.29 is 28.8 Å². The molecule has 4 aliphatic rings. The van der Waals surface area contributed by atoms with Crippen LogP contribution in [0.3, 0.4) is 0 Å². The van der Waals surface area contributed by atoms with E-state index in [9.17, 15) is 0 Å². The standard InChI is InChI=1S/4C7H7O.C2H4O2.Sb/c4*1-8-7-5-3-2-4-6-7;1-2(3)4;/h4*3-6H,1H3;1H3,(H,3,4);/p-1. The Balaban J connectivity index is 0. The maximum absolute atomic E-state index is 8.89. The Bertz CT molecular complexity index is 895. The van der Waals surface area contributed by atoms with Crippen LogP contribution in [-0.2, 0) is 23.7 Å². The first-order valence-electron chi connectivity index (χ1n) is 10.6. The van der Waals surface area contributed by atoms with Gasteiger partial charge in [0.2, 0.25) is 0 Å². The van der Waals surface area contributed by atoms with Crippen molar-refractivity contribution in [2.45, 2.75) is 6.92 Å². The molecule has 0 aromatic rings. The summed E-state index contributed by atoms with van der Waals surface area (Å²) in [7, 11) is 6.59. The minimum atomic E-state index is -1.08. The number of hydrogen-bond donors (Lipinski definition) is 0. The van der Waals surface area contributed by atoms with Gasteiger partial charge < -0.3 is 28.8 Å². The molecule has 4 aliphatic carbocycles. The molecule has 193 valence electrons. The molecule has 0 aliphatic heterocycles. The summed E-state index contributed by atoms with van der Waals surface area (Å²) >= 11 is 0. The van der Waals surface area contributed by atoms with E-state index in [1.165, 1.54) is 0 Å². The molecule has 7 heteroatoms. The van der Waals surface area contributed by atoms with Crippen molar-refractivity contribution >= 4 is 30.4 Å². The first-order chi connectivity index (χ1) is 17.5. The molecule has 0 unspecified atom stereocenters. The maximum Gasteiger partial charge on any atom is 0.105 e. The van der Waals surface area contributed by atoms with E-state index in [0.717, 1.165) is 30.0 Å². The molecule has 4 rings (SSSR count). The first kappa shape index (κ1) is 35.7. The number of carboxylic acids is 1. The fraction of sp³-hybridized carbons (Fsp3) is 0.167. The van der Waals surface area contributed by atoms with E-state index in [2.05, 4.69) is 22.9 Å². The van der Waals surface area contributed by atoms with Crippen molar-refractivity contribution in [1.29, 1.82) is 0 Å². The van der Waals surface area contributed by atoms with Crippen LogP contribution in [0, 0.1) is 25.7 Å². The van der Waals surface area contributed by atoms with Gasteiger partial charge in [-0.3, -0.25) is 0 Å². The van der Waals surface area contributed by atoms with E-state index in [-0.39, 0.29) is 24.4 Å². The molecule has 0 fully saturated rings. The molecule has 37 heavy (non-hydrogen) atoms. The van der Waals surface area contributed by atoms with E-state index in [1.54, 1.807) is 28.4 Å². The van der Waals surface area contributed by atoms with Gasteiger partial charge in [-0.2, -0.15) is 0 Å². The van der Waals surface area contributed by atoms with Gasteiger partial charge in [0.25, 0.3) is 0 Å². The van der Waals surface area contributed by atoms with Crippen LogP contribution in [0.25, 0.3) is 0 Å². The Labute approximate surface area is 238 Å². The van der Waals surface area contributed by atoms with Crippen LogP contribution in [0.5, 0.6) is 0 Å². The largest absolute Gasteiger partial charge is 0.550 e. The summed E-state index contributed by atoms with van der Waals surface area (Å²) in [5, 5.41) is 8.89. The quantitative estimate of drug-likeness (QED) is 0.352. The van der Waals surface area contributed by atoms with E-state index in [0.29, 0.717) is 0 Å². The summed E-state index contributed by atoms with van der Waals surface area (Å²) in [4.78, 5) is 8.89. The molecule has 0 spiro atoms. The molecule has 0 aromatic heterocycles. The Kier molecular flexibility index (Phi) is 24.7. The van der Waals surface area contributed by atoms with Gasteiger partial charge in [0.1, 0.15) is 23.0 Å². The molecular weight excluding hydrogens is 578 g/mol. The number of hydrogen-bond acceptors (Lipinski definition) is 6. The zero-order valence-corrected chi connectivity index (χ0v) is 24.2. The minimum Gasteiger partial charge on any atom is -0.550 e. The van der Waals surface area contributed by atoms with Gasteiger partial charge in [0, 0.05) is 30.4 Å². The maximum atomic E-state index is 8.89. The molecule has 0 aromatic carbocycles. The van der Waals surface area contributed by atoms with Crippen molar-refractivity contribution in [3.05, 3.63) is 145 Å². The molecule has 0 bridgehead atoms. The number of aliphatic carboxylic acids is 1. The summed E-state index contributed by atoms with van der Waals surface area (Å²) in [6.07, 6.45) is 29.4. The topological polar surface area (TPSA) is 77.1 Å². The second kappa shape index (κ2) is 25.6. The Morgan fingerprint density at radius 1 is 0.541 bits per heavy atom. The predicted molar refractivity (Wildman–Crippen MR) is 145 cm³/mol. The molecule has 6 nitrogen and oxygen atoms in total.